The fourth-order valence-corrected chi connectivity index (χ4v) is 7.33. The van der Waals surface area contributed by atoms with Gasteiger partial charge in [-0.05, 0) is 18.9 Å². The number of hydrogen-bond acceptors (Lipinski definition) is 9. The second kappa shape index (κ2) is 8.60. The number of anilines is 2. The van der Waals surface area contributed by atoms with E-state index in [-0.39, 0.29) is 48.8 Å². The van der Waals surface area contributed by atoms with Gasteiger partial charge in [0.05, 0.1) is 37.6 Å². The molecule has 0 unspecified atom stereocenters. The zero-order valence-corrected chi connectivity index (χ0v) is 21.6. The van der Waals surface area contributed by atoms with Gasteiger partial charge in [-0.15, -0.1) is 11.3 Å². The lowest BCUT2D eigenvalue weighted by molar-refractivity contribution is 0.670. The van der Waals surface area contributed by atoms with Crippen molar-refractivity contribution in [2.45, 2.75) is 39.0 Å². The molecule has 0 saturated carbocycles. The molecule has 37 heavy (non-hydrogen) atoms. The Balaban J connectivity index is 1.58. The van der Waals surface area contributed by atoms with E-state index in [0.717, 1.165) is 26.9 Å². The average molecular weight is 531 g/mol. The van der Waals surface area contributed by atoms with Crippen LogP contribution in [0.1, 0.15) is 37.5 Å². The van der Waals surface area contributed by atoms with Gasteiger partial charge < -0.3 is 11.5 Å². The van der Waals surface area contributed by atoms with Crippen LogP contribution in [0.2, 0.25) is 0 Å². The van der Waals surface area contributed by atoms with E-state index in [2.05, 4.69) is 18.0 Å². The molecular weight excluding hydrogens is 508 g/mol. The van der Waals surface area contributed by atoms with Gasteiger partial charge in [0.25, 0.3) is 11.1 Å². The smallest absolute Gasteiger partial charge is 0.270 e. The molecule has 3 aromatic heterocycles. The first-order valence-electron chi connectivity index (χ1n) is 12.0. The molecule has 3 heterocycles. The van der Waals surface area contributed by atoms with Gasteiger partial charge in [0.1, 0.15) is 4.83 Å². The van der Waals surface area contributed by atoms with Crippen LogP contribution in [0.15, 0.2) is 49.5 Å². The summed E-state index contributed by atoms with van der Waals surface area (Å²) >= 11 is 2.79. The maximum atomic E-state index is 13.5. The van der Waals surface area contributed by atoms with E-state index in [0.29, 0.717) is 0 Å². The summed E-state index contributed by atoms with van der Waals surface area (Å²) in [5.41, 5.74) is 9.83. The molecule has 0 spiro atoms. The number of thiophene rings is 1. The Morgan fingerprint density at radius 3 is 1.95 bits per heavy atom. The standard InChI is InChI=1S/C27H22N4O4S2/c1-2-3-4-5-8-12-11-15-24(36-12)30-27(37-15)31-25(34)18-19(26(31)35)21(29)17-16(20(18)28)22(32)13-9-6-7-10-14(13)23(17)33/h6-7,9-11H,2-5,8,28-29H2,1H3. The monoisotopic (exact) mass is 530 g/mol. The third kappa shape index (κ3) is 3.36. The number of fused-ring (bicyclic) bond motifs is 4. The second-order valence-corrected chi connectivity index (χ2v) is 11.3. The molecule has 0 radical (unpaired) electrons. The van der Waals surface area contributed by atoms with Crippen molar-refractivity contribution in [1.82, 2.24) is 9.55 Å². The van der Waals surface area contributed by atoms with E-state index in [1.165, 1.54) is 47.6 Å². The van der Waals surface area contributed by atoms with E-state index < -0.39 is 22.0 Å². The molecule has 6 rings (SSSR count). The normalized spacial score (nSPS) is 12.0. The molecule has 186 valence electrons. The van der Waals surface area contributed by atoms with Crippen LogP contribution in [0.25, 0.3) is 47.0 Å². The van der Waals surface area contributed by atoms with Gasteiger partial charge >= 0.3 is 0 Å². The van der Waals surface area contributed by atoms with Crippen LogP contribution in [-0.4, -0.2) is 9.55 Å². The highest BCUT2D eigenvalue weighted by atomic mass is 32.1. The van der Waals surface area contributed by atoms with Crippen molar-refractivity contribution in [3.05, 3.63) is 76.4 Å². The number of thiazole rings is 1. The molecule has 0 atom stereocenters. The molecule has 6 aromatic rings. The number of nitrogens with two attached hydrogens (primary N) is 2. The highest BCUT2D eigenvalue weighted by Gasteiger charge is 2.27. The molecular formula is C27H22N4O4S2. The van der Waals surface area contributed by atoms with Gasteiger partial charge in [-0.25, -0.2) is 9.55 Å². The summed E-state index contributed by atoms with van der Waals surface area (Å²) in [7, 11) is 0. The molecule has 0 fully saturated rings. The van der Waals surface area contributed by atoms with Gasteiger partial charge in [-0.2, -0.15) is 0 Å². The van der Waals surface area contributed by atoms with Crippen LogP contribution in [0.3, 0.4) is 0 Å². The molecule has 0 amide bonds. The van der Waals surface area contributed by atoms with E-state index in [1.54, 1.807) is 23.5 Å². The molecule has 0 aliphatic heterocycles. The number of benzene rings is 3. The topological polar surface area (TPSA) is 138 Å². The average Bonchev–Trinajstić information content (AvgIpc) is 3.52. The predicted octanol–water partition coefficient (Wildman–Crippen LogP) is 4.21. The molecule has 0 aliphatic rings. The van der Waals surface area contributed by atoms with Crippen LogP contribution in [0.5, 0.6) is 0 Å². The number of unbranched alkanes of at least 4 members (excludes halogenated alkanes) is 3. The van der Waals surface area contributed by atoms with Crippen LogP contribution >= 0.6 is 22.7 Å². The minimum atomic E-state index is -0.702. The second-order valence-electron chi connectivity index (χ2n) is 9.17. The molecule has 10 heteroatoms. The lowest BCUT2D eigenvalue weighted by Crippen LogP contribution is -2.23. The van der Waals surface area contributed by atoms with Gasteiger partial charge in [-0.1, -0.05) is 61.8 Å². The molecule has 3 aromatic carbocycles. The highest BCUT2D eigenvalue weighted by Crippen LogP contribution is 2.35. The molecule has 0 aliphatic carbocycles. The van der Waals surface area contributed by atoms with Crippen LogP contribution in [0, 0.1) is 0 Å². The van der Waals surface area contributed by atoms with Gasteiger partial charge in [-0.3, -0.25) is 19.2 Å². The molecule has 4 N–H and O–H groups in total. The van der Waals surface area contributed by atoms with Gasteiger partial charge in [0.2, 0.25) is 5.13 Å². The Morgan fingerprint density at radius 2 is 1.41 bits per heavy atom. The predicted molar refractivity (Wildman–Crippen MR) is 153 cm³/mol. The Morgan fingerprint density at radius 1 is 0.811 bits per heavy atom. The molecule has 8 nitrogen and oxygen atoms in total. The summed E-state index contributed by atoms with van der Waals surface area (Å²) in [4.78, 5) is 60.1. The summed E-state index contributed by atoms with van der Waals surface area (Å²) < 4.78 is 1.84. The van der Waals surface area contributed by atoms with E-state index in [4.69, 9.17) is 11.5 Å². The lowest BCUT2D eigenvalue weighted by Gasteiger charge is -2.07. The van der Waals surface area contributed by atoms with E-state index >= 15 is 0 Å². The molecule has 0 saturated heterocycles. The maximum Gasteiger partial charge on any atom is 0.270 e. The summed E-state index contributed by atoms with van der Waals surface area (Å²) in [6.07, 6.45) is 5.65. The Bertz CT molecular complexity index is 1960. The van der Waals surface area contributed by atoms with E-state index in [9.17, 15) is 19.2 Å². The van der Waals surface area contributed by atoms with Crippen molar-refractivity contribution in [3.8, 4) is 5.13 Å². The summed E-state index contributed by atoms with van der Waals surface area (Å²) in [5.74, 6) is 0. The van der Waals surface area contributed by atoms with Crippen LogP contribution in [-0.2, 0) is 6.42 Å². The van der Waals surface area contributed by atoms with Gasteiger partial charge in [0, 0.05) is 15.6 Å². The third-order valence-corrected chi connectivity index (χ3v) is 9.08. The Labute approximate surface area is 217 Å². The van der Waals surface area contributed by atoms with Crippen molar-refractivity contribution < 1.29 is 0 Å². The summed E-state index contributed by atoms with van der Waals surface area (Å²) in [6.45, 7) is 2.18. The lowest BCUT2D eigenvalue weighted by atomic mass is 9.97. The van der Waals surface area contributed by atoms with Crippen LogP contribution in [0.4, 0.5) is 11.4 Å². The first kappa shape index (κ1) is 23.5. The minimum absolute atomic E-state index is 0.129. The molecule has 0 bridgehead atoms. The third-order valence-electron chi connectivity index (χ3n) is 6.88. The van der Waals surface area contributed by atoms with Crippen molar-refractivity contribution in [3.63, 3.8) is 0 Å². The zero-order valence-electron chi connectivity index (χ0n) is 19.9. The number of nitrogen functional groups attached to an aromatic ring is 2. The number of aromatic nitrogens is 2. The van der Waals surface area contributed by atoms with Crippen molar-refractivity contribution in [2.75, 3.05) is 11.5 Å². The Hall–Kier alpha value is -3.89. The summed E-state index contributed by atoms with van der Waals surface area (Å²) in [6, 6.07) is 8.40. The highest BCUT2D eigenvalue weighted by molar-refractivity contribution is 7.28. The fourth-order valence-electron chi connectivity index (χ4n) is 5.06. The number of rotatable bonds is 6. The SMILES string of the molecule is CCCCCCc1cc2sc(-n3c(=O)c4c(N)c5c(=O)c6ccccc6c(=O)c5c(N)c4c3=O)nc2s1. The quantitative estimate of drug-likeness (QED) is 0.142. The maximum absolute atomic E-state index is 13.5. The minimum Gasteiger partial charge on any atom is -0.397 e. The fraction of sp³-hybridized carbons (Fsp3) is 0.222. The van der Waals surface area contributed by atoms with Crippen LogP contribution < -0.4 is 33.4 Å². The van der Waals surface area contributed by atoms with E-state index in [1.807, 2.05) is 0 Å². The van der Waals surface area contributed by atoms with Crippen molar-refractivity contribution in [2.24, 2.45) is 0 Å². The summed E-state index contributed by atoms with van der Waals surface area (Å²) in [5, 5.41) is 0.0128. The number of hydrogen-bond donors (Lipinski definition) is 2. The van der Waals surface area contributed by atoms with Crippen molar-refractivity contribution in [1.29, 1.82) is 0 Å². The first-order valence-corrected chi connectivity index (χ1v) is 13.7. The number of aryl methyl sites for hydroxylation is 1. The number of nitrogens with zero attached hydrogens (tertiary/aromatic N) is 2. The van der Waals surface area contributed by atoms with Crippen molar-refractivity contribution >= 4 is 75.9 Å². The Kier molecular flexibility index (Phi) is 5.46. The van der Waals surface area contributed by atoms with Gasteiger partial charge in [0.15, 0.2) is 10.9 Å². The largest absolute Gasteiger partial charge is 0.397 e. The first-order chi connectivity index (χ1) is 17.8. The zero-order chi connectivity index (χ0) is 26.0.